The third-order valence-corrected chi connectivity index (χ3v) is 1.96. The van der Waals surface area contributed by atoms with Crippen molar-refractivity contribution in [3.8, 4) is 5.75 Å². The Morgan fingerprint density at radius 2 is 2.27 bits per heavy atom. The molecule has 1 rings (SSSR count). The van der Waals surface area contributed by atoms with Crippen molar-refractivity contribution in [3.63, 3.8) is 0 Å². The quantitative estimate of drug-likeness (QED) is 0.762. The molecule has 0 aliphatic carbocycles. The number of benzene rings is 1. The summed E-state index contributed by atoms with van der Waals surface area (Å²) in [5.74, 6) is -0.359. The van der Waals surface area contributed by atoms with Crippen LogP contribution in [0.1, 0.15) is 22.3 Å². The van der Waals surface area contributed by atoms with Gasteiger partial charge in [-0.2, -0.15) is 0 Å². The van der Waals surface area contributed by atoms with Gasteiger partial charge < -0.3 is 9.84 Å². The van der Waals surface area contributed by atoms with Gasteiger partial charge in [0.1, 0.15) is 5.75 Å². The molecule has 0 amide bonds. The van der Waals surface area contributed by atoms with Crippen LogP contribution in [0.3, 0.4) is 0 Å². The SMILES string of the molecule is Cc1cc(C(=O)O)ccc1OCCCF. The van der Waals surface area contributed by atoms with Gasteiger partial charge in [0.25, 0.3) is 0 Å². The average Bonchev–Trinajstić information content (AvgIpc) is 2.20. The van der Waals surface area contributed by atoms with E-state index in [2.05, 4.69) is 0 Å². The number of rotatable bonds is 5. The maximum Gasteiger partial charge on any atom is 0.335 e. The third kappa shape index (κ3) is 3.23. The number of ether oxygens (including phenoxy) is 1. The molecule has 0 radical (unpaired) electrons. The standard InChI is InChI=1S/C11H13FO3/c1-8-7-9(11(13)14)3-4-10(8)15-6-2-5-12/h3-4,7H,2,5-6H2,1H3,(H,13,14). The Balaban J connectivity index is 2.70. The van der Waals surface area contributed by atoms with E-state index in [9.17, 15) is 9.18 Å². The van der Waals surface area contributed by atoms with E-state index in [1.165, 1.54) is 12.1 Å². The fourth-order valence-corrected chi connectivity index (χ4v) is 1.18. The molecule has 82 valence electrons. The van der Waals surface area contributed by atoms with Crippen molar-refractivity contribution in [3.05, 3.63) is 29.3 Å². The number of carbonyl (C=O) groups is 1. The van der Waals surface area contributed by atoms with Gasteiger partial charge in [-0.15, -0.1) is 0 Å². The number of aryl methyl sites for hydroxylation is 1. The minimum Gasteiger partial charge on any atom is -0.493 e. The molecule has 0 saturated heterocycles. The van der Waals surface area contributed by atoms with E-state index in [0.29, 0.717) is 18.8 Å². The zero-order chi connectivity index (χ0) is 11.3. The van der Waals surface area contributed by atoms with Crippen LogP contribution < -0.4 is 4.74 Å². The Labute approximate surface area is 87.5 Å². The van der Waals surface area contributed by atoms with Gasteiger partial charge in [-0.05, 0) is 30.7 Å². The Kier molecular flexibility index (Phi) is 4.09. The predicted molar refractivity (Wildman–Crippen MR) is 54.2 cm³/mol. The first kappa shape index (κ1) is 11.5. The molecule has 0 bridgehead atoms. The molecule has 0 aliphatic heterocycles. The molecule has 0 aliphatic rings. The van der Waals surface area contributed by atoms with Crippen LogP contribution in [-0.2, 0) is 0 Å². The highest BCUT2D eigenvalue weighted by Gasteiger charge is 2.05. The maximum atomic E-state index is 11.8. The van der Waals surface area contributed by atoms with E-state index in [1.807, 2.05) is 0 Å². The lowest BCUT2D eigenvalue weighted by Gasteiger charge is -2.08. The second-order valence-electron chi connectivity index (χ2n) is 3.18. The van der Waals surface area contributed by atoms with Crippen LogP contribution in [0.4, 0.5) is 4.39 Å². The molecule has 1 N–H and O–H groups in total. The van der Waals surface area contributed by atoms with Crippen LogP contribution in [0.25, 0.3) is 0 Å². The van der Waals surface area contributed by atoms with Gasteiger partial charge >= 0.3 is 5.97 Å². The first-order valence-corrected chi connectivity index (χ1v) is 4.68. The highest BCUT2D eigenvalue weighted by atomic mass is 19.1. The number of alkyl halides is 1. The molecule has 15 heavy (non-hydrogen) atoms. The summed E-state index contributed by atoms with van der Waals surface area (Å²) in [6, 6.07) is 4.60. The molecule has 0 fully saturated rings. The Bertz CT molecular complexity index is 350. The van der Waals surface area contributed by atoms with E-state index in [4.69, 9.17) is 9.84 Å². The molecule has 4 heteroatoms. The number of hydrogen-bond acceptors (Lipinski definition) is 2. The van der Waals surface area contributed by atoms with Gasteiger partial charge in [0.15, 0.2) is 0 Å². The topological polar surface area (TPSA) is 46.5 Å². The van der Waals surface area contributed by atoms with E-state index < -0.39 is 12.6 Å². The van der Waals surface area contributed by atoms with E-state index >= 15 is 0 Å². The van der Waals surface area contributed by atoms with Crippen molar-refractivity contribution in [2.24, 2.45) is 0 Å². The average molecular weight is 212 g/mol. The van der Waals surface area contributed by atoms with Crippen molar-refractivity contribution in [2.45, 2.75) is 13.3 Å². The number of halogens is 1. The van der Waals surface area contributed by atoms with Crippen molar-refractivity contribution in [1.29, 1.82) is 0 Å². The predicted octanol–water partition coefficient (Wildman–Crippen LogP) is 2.43. The van der Waals surface area contributed by atoms with Gasteiger partial charge in [0.2, 0.25) is 0 Å². The summed E-state index contributed by atoms with van der Waals surface area (Å²) in [7, 11) is 0. The molecule has 0 saturated carbocycles. The highest BCUT2D eigenvalue weighted by Crippen LogP contribution is 2.19. The number of aromatic carboxylic acids is 1. The largest absolute Gasteiger partial charge is 0.493 e. The molecule has 0 spiro atoms. The molecule has 1 aromatic rings. The Morgan fingerprint density at radius 3 is 2.80 bits per heavy atom. The zero-order valence-electron chi connectivity index (χ0n) is 8.50. The van der Waals surface area contributed by atoms with Gasteiger partial charge in [-0.3, -0.25) is 4.39 Å². The molecule has 1 aromatic carbocycles. The lowest BCUT2D eigenvalue weighted by molar-refractivity contribution is 0.0696. The minimum atomic E-state index is -0.964. The van der Waals surface area contributed by atoms with Gasteiger partial charge in [0, 0.05) is 6.42 Å². The number of carboxylic acid groups (broad SMARTS) is 1. The Hall–Kier alpha value is -1.58. The summed E-state index contributed by atoms with van der Waals surface area (Å²) in [4.78, 5) is 10.6. The van der Waals surface area contributed by atoms with E-state index in [-0.39, 0.29) is 5.56 Å². The number of hydrogen-bond donors (Lipinski definition) is 1. The zero-order valence-corrected chi connectivity index (χ0v) is 8.50. The van der Waals surface area contributed by atoms with Crippen LogP contribution in [0.5, 0.6) is 5.75 Å². The summed E-state index contributed by atoms with van der Waals surface area (Å²) in [6.45, 7) is 1.66. The lowest BCUT2D eigenvalue weighted by atomic mass is 10.1. The molecule has 3 nitrogen and oxygen atoms in total. The second kappa shape index (κ2) is 5.34. The number of carboxylic acids is 1. The van der Waals surface area contributed by atoms with Crippen molar-refractivity contribution in [1.82, 2.24) is 0 Å². The van der Waals surface area contributed by atoms with Gasteiger partial charge in [0.05, 0.1) is 18.8 Å². The molecule has 0 aromatic heterocycles. The van der Waals surface area contributed by atoms with Crippen LogP contribution in [0.15, 0.2) is 18.2 Å². The molecular weight excluding hydrogens is 199 g/mol. The monoisotopic (exact) mass is 212 g/mol. The Morgan fingerprint density at radius 1 is 1.53 bits per heavy atom. The smallest absolute Gasteiger partial charge is 0.335 e. The van der Waals surface area contributed by atoms with E-state index in [0.717, 1.165) is 5.56 Å². The summed E-state index contributed by atoms with van der Waals surface area (Å²) in [6.07, 6.45) is 0.347. The third-order valence-electron chi connectivity index (χ3n) is 1.96. The first-order chi connectivity index (χ1) is 7.15. The van der Waals surface area contributed by atoms with Gasteiger partial charge in [-0.25, -0.2) is 4.79 Å². The van der Waals surface area contributed by atoms with Crippen molar-refractivity contribution in [2.75, 3.05) is 13.3 Å². The summed E-state index contributed by atoms with van der Waals surface area (Å²) in [5.41, 5.74) is 0.971. The van der Waals surface area contributed by atoms with Crippen molar-refractivity contribution < 1.29 is 19.0 Å². The van der Waals surface area contributed by atoms with Crippen LogP contribution in [-0.4, -0.2) is 24.4 Å². The van der Waals surface area contributed by atoms with Crippen LogP contribution >= 0.6 is 0 Å². The van der Waals surface area contributed by atoms with Crippen LogP contribution in [0.2, 0.25) is 0 Å². The fourth-order valence-electron chi connectivity index (χ4n) is 1.18. The summed E-state index contributed by atoms with van der Waals surface area (Å²) >= 11 is 0. The second-order valence-corrected chi connectivity index (χ2v) is 3.18. The first-order valence-electron chi connectivity index (χ1n) is 4.68. The molecule has 0 heterocycles. The summed E-state index contributed by atoms with van der Waals surface area (Å²) in [5, 5.41) is 8.72. The molecule has 0 atom stereocenters. The highest BCUT2D eigenvalue weighted by molar-refractivity contribution is 5.88. The fraction of sp³-hybridized carbons (Fsp3) is 0.364. The lowest BCUT2D eigenvalue weighted by Crippen LogP contribution is -2.01. The molecular formula is C11H13FO3. The summed E-state index contributed by atoms with van der Waals surface area (Å²) < 4.78 is 17.1. The maximum absolute atomic E-state index is 11.8. The van der Waals surface area contributed by atoms with E-state index in [1.54, 1.807) is 13.0 Å². The van der Waals surface area contributed by atoms with Crippen LogP contribution in [0, 0.1) is 6.92 Å². The van der Waals surface area contributed by atoms with Crippen molar-refractivity contribution >= 4 is 5.97 Å². The normalized spacial score (nSPS) is 10.0. The van der Waals surface area contributed by atoms with Gasteiger partial charge in [-0.1, -0.05) is 0 Å². The minimum absolute atomic E-state index is 0.227. The molecule has 0 unspecified atom stereocenters.